The van der Waals surface area contributed by atoms with Gasteiger partial charge in [-0.15, -0.1) is 0 Å². The molecule has 0 bridgehead atoms. The van der Waals surface area contributed by atoms with E-state index in [1.54, 1.807) is 12.4 Å². The number of nitrogens with one attached hydrogen (secondary N) is 2. The fourth-order valence-electron chi connectivity index (χ4n) is 4.81. The van der Waals surface area contributed by atoms with Gasteiger partial charge in [0.2, 0.25) is 0 Å². The van der Waals surface area contributed by atoms with Crippen LogP contribution >= 0.6 is 0 Å². The van der Waals surface area contributed by atoms with Crippen LogP contribution in [0.1, 0.15) is 5.56 Å². The van der Waals surface area contributed by atoms with Crippen LogP contribution in [0, 0.1) is 12.7 Å². The van der Waals surface area contributed by atoms with Crippen LogP contribution in [-0.4, -0.2) is 54.2 Å². The number of H-pyrrole nitrogens is 2. The number of nitrogens with two attached hydrogens (primary N) is 1. The van der Waals surface area contributed by atoms with Gasteiger partial charge in [-0.05, 0) is 48.4 Å². The van der Waals surface area contributed by atoms with Crippen LogP contribution in [-0.2, 0) is 0 Å². The van der Waals surface area contributed by atoms with E-state index in [-0.39, 0.29) is 11.9 Å². The summed E-state index contributed by atoms with van der Waals surface area (Å²) in [6.45, 7) is 3.40. The Morgan fingerprint density at radius 2 is 1.84 bits per heavy atom. The Hall–Kier alpha value is -4.70. The molecule has 1 saturated heterocycles. The van der Waals surface area contributed by atoms with Gasteiger partial charge in [0.1, 0.15) is 22.8 Å². The van der Waals surface area contributed by atoms with Crippen LogP contribution in [0.5, 0.6) is 0 Å². The maximum Gasteiger partial charge on any atom is 0.161 e. The lowest BCUT2D eigenvalue weighted by atomic mass is 10.0. The molecule has 10 heteroatoms. The molecule has 7 rings (SSSR count). The van der Waals surface area contributed by atoms with Crippen LogP contribution in [0.4, 0.5) is 10.2 Å². The number of hydrogen-bond donors (Lipinski definition) is 3. The van der Waals surface area contributed by atoms with Crippen molar-refractivity contribution in [1.29, 1.82) is 0 Å². The van der Waals surface area contributed by atoms with Gasteiger partial charge in [-0.2, -0.15) is 5.10 Å². The normalized spacial score (nSPS) is 14.0. The number of benzene rings is 2. The van der Waals surface area contributed by atoms with Crippen molar-refractivity contribution in [3.05, 3.63) is 72.3 Å². The summed E-state index contributed by atoms with van der Waals surface area (Å²) in [4.78, 5) is 24.3. The Morgan fingerprint density at radius 3 is 2.68 bits per heavy atom. The van der Waals surface area contributed by atoms with Crippen molar-refractivity contribution >= 4 is 27.9 Å². The lowest BCUT2D eigenvalue weighted by Crippen LogP contribution is -2.56. The maximum absolute atomic E-state index is 14.1. The number of para-hydroxylation sites is 1. The quantitative estimate of drug-likeness (QED) is 0.337. The van der Waals surface area contributed by atoms with Crippen LogP contribution in [0.15, 0.2) is 60.9 Å². The number of halogens is 1. The highest BCUT2D eigenvalue weighted by molar-refractivity contribution is 5.96. The van der Waals surface area contributed by atoms with Crippen molar-refractivity contribution in [3.63, 3.8) is 0 Å². The summed E-state index contributed by atoms with van der Waals surface area (Å²) < 4.78 is 14.1. The van der Waals surface area contributed by atoms with Gasteiger partial charge in [0.15, 0.2) is 11.5 Å². The van der Waals surface area contributed by atoms with E-state index in [1.165, 1.54) is 12.1 Å². The zero-order valence-electron chi connectivity index (χ0n) is 19.9. The van der Waals surface area contributed by atoms with E-state index in [9.17, 15) is 4.39 Å². The topological polar surface area (TPSA) is 125 Å². The molecule has 0 spiro atoms. The number of aryl methyl sites for hydroxylation is 1. The molecule has 1 aliphatic rings. The zero-order valence-corrected chi connectivity index (χ0v) is 19.9. The van der Waals surface area contributed by atoms with Crippen molar-refractivity contribution in [2.75, 3.05) is 18.0 Å². The van der Waals surface area contributed by atoms with Crippen LogP contribution in [0.3, 0.4) is 0 Å². The second-order valence-corrected chi connectivity index (χ2v) is 9.40. The summed E-state index contributed by atoms with van der Waals surface area (Å²) in [5, 5.41) is 7.55. The number of aromatic nitrogens is 7. The fourth-order valence-corrected chi connectivity index (χ4v) is 4.81. The first-order valence-corrected chi connectivity index (χ1v) is 12.0. The van der Waals surface area contributed by atoms with Gasteiger partial charge in [-0.25, -0.2) is 19.3 Å². The summed E-state index contributed by atoms with van der Waals surface area (Å²) in [6.07, 6.45) is 3.44. The molecule has 5 heterocycles. The molecule has 9 nitrogen and oxygen atoms in total. The molecule has 6 aromatic rings. The third-order valence-electron chi connectivity index (χ3n) is 6.62. The Kier molecular flexibility index (Phi) is 4.76. The smallest absolute Gasteiger partial charge is 0.161 e. The average Bonchev–Trinajstić information content (AvgIpc) is 3.49. The summed E-state index contributed by atoms with van der Waals surface area (Å²) in [5.74, 6) is 1.08. The summed E-state index contributed by atoms with van der Waals surface area (Å²) in [5.41, 5.74) is 13.3. The first kappa shape index (κ1) is 21.6. The number of pyridine rings is 1. The molecule has 4 aromatic heterocycles. The van der Waals surface area contributed by atoms with Crippen molar-refractivity contribution < 1.29 is 4.39 Å². The van der Waals surface area contributed by atoms with Gasteiger partial charge >= 0.3 is 0 Å². The first-order valence-electron chi connectivity index (χ1n) is 12.0. The molecular formula is C27H22FN9. The number of rotatable bonds is 4. The predicted octanol–water partition coefficient (Wildman–Crippen LogP) is 4.22. The number of aromatic amines is 2. The highest BCUT2D eigenvalue weighted by Crippen LogP contribution is 2.32. The number of hydrogen-bond acceptors (Lipinski definition) is 7. The molecule has 37 heavy (non-hydrogen) atoms. The van der Waals surface area contributed by atoms with Crippen LogP contribution in [0.2, 0.25) is 0 Å². The minimum absolute atomic E-state index is 0.169. The van der Waals surface area contributed by atoms with Crippen molar-refractivity contribution in [2.24, 2.45) is 5.73 Å². The summed E-state index contributed by atoms with van der Waals surface area (Å²) in [6, 6.07) is 14.8. The average molecular weight is 492 g/mol. The van der Waals surface area contributed by atoms with Gasteiger partial charge < -0.3 is 15.6 Å². The Labute approximate surface area is 210 Å². The van der Waals surface area contributed by atoms with Gasteiger partial charge in [-0.1, -0.05) is 18.2 Å². The molecule has 2 aromatic carbocycles. The Morgan fingerprint density at radius 1 is 0.946 bits per heavy atom. The van der Waals surface area contributed by atoms with Crippen molar-refractivity contribution in [2.45, 2.75) is 13.0 Å². The monoisotopic (exact) mass is 491 g/mol. The number of fused-ring (bicyclic) bond motifs is 2. The number of nitrogens with zero attached hydrogens (tertiary/aromatic N) is 6. The molecule has 0 aliphatic carbocycles. The number of imidazole rings is 1. The lowest BCUT2D eigenvalue weighted by molar-refractivity contribution is 0.514. The van der Waals surface area contributed by atoms with Gasteiger partial charge in [0.25, 0.3) is 0 Å². The minimum atomic E-state index is -0.276. The molecule has 0 saturated carbocycles. The molecule has 0 atom stereocenters. The minimum Gasteiger partial charge on any atom is -0.352 e. The third kappa shape index (κ3) is 3.69. The van der Waals surface area contributed by atoms with Crippen LogP contribution in [0.25, 0.3) is 56.1 Å². The molecule has 4 N–H and O–H groups in total. The van der Waals surface area contributed by atoms with Crippen molar-refractivity contribution in [1.82, 2.24) is 35.1 Å². The lowest BCUT2D eigenvalue weighted by Gasteiger charge is -2.37. The molecular weight excluding hydrogens is 469 g/mol. The van der Waals surface area contributed by atoms with E-state index in [2.05, 4.69) is 25.1 Å². The predicted molar refractivity (Wildman–Crippen MR) is 140 cm³/mol. The Balaban J connectivity index is 1.31. The summed E-state index contributed by atoms with van der Waals surface area (Å²) >= 11 is 0. The summed E-state index contributed by atoms with van der Waals surface area (Å²) in [7, 11) is 0. The van der Waals surface area contributed by atoms with Gasteiger partial charge in [0, 0.05) is 24.7 Å². The third-order valence-corrected chi connectivity index (χ3v) is 6.62. The second-order valence-electron chi connectivity index (χ2n) is 9.40. The van der Waals surface area contributed by atoms with Gasteiger partial charge in [-0.3, -0.25) is 10.1 Å². The molecule has 1 fully saturated rings. The van der Waals surface area contributed by atoms with E-state index in [0.717, 1.165) is 52.1 Å². The molecule has 0 unspecified atom stereocenters. The highest BCUT2D eigenvalue weighted by atomic mass is 19.1. The fraction of sp³-hybridized carbons (Fsp3) is 0.148. The number of anilines is 1. The maximum atomic E-state index is 14.1. The highest BCUT2D eigenvalue weighted by Gasteiger charge is 2.25. The van der Waals surface area contributed by atoms with E-state index in [4.69, 9.17) is 20.7 Å². The molecule has 1 aliphatic heterocycles. The van der Waals surface area contributed by atoms with E-state index in [0.29, 0.717) is 28.4 Å². The molecule has 182 valence electrons. The SMILES string of the molecule is Cc1cc(F)cc(-c2cccc3[nH]c(-c4n[nH]c5ccc(-c6cncc(N7CC(N)C7)n6)nc45)nc23)c1. The molecule has 0 radical (unpaired) electrons. The zero-order chi connectivity index (χ0) is 25.1. The Bertz CT molecular complexity index is 1780. The standard InChI is InChI=1S/C27H22FN9/c1-14-7-15(9-16(28)8-14)18-3-2-4-20-24(18)34-27(33-20)26-25-21(35-36-26)6-5-19(32-25)22-10-30-11-23(31-22)37-12-17(29)13-37/h2-11,17H,12-13,29H2,1H3,(H,33,34)(H,35,36). The van der Waals surface area contributed by atoms with Gasteiger partial charge in [0.05, 0.1) is 34.6 Å². The second kappa shape index (κ2) is 8.17. The first-order chi connectivity index (χ1) is 18.0. The van der Waals surface area contributed by atoms with E-state index in [1.807, 2.05) is 43.3 Å². The largest absolute Gasteiger partial charge is 0.352 e. The van der Waals surface area contributed by atoms with E-state index < -0.39 is 0 Å². The van der Waals surface area contributed by atoms with Crippen LogP contribution < -0.4 is 10.6 Å². The van der Waals surface area contributed by atoms with E-state index >= 15 is 0 Å². The molecule has 0 amide bonds. The van der Waals surface area contributed by atoms with Crippen molar-refractivity contribution in [3.8, 4) is 34.0 Å².